The molecule has 3 atom stereocenters. The van der Waals surface area contributed by atoms with E-state index in [9.17, 15) is 9.90 Å². The lowest BCUT2D eigenvalue weighted by molar-refractivity contribution is -0.319. The topological polar surface area (TPSA) is 40.1 Å². The smallest absolute Gasteiger partial charge is 0.0479 e. The van der Waals surface area contributed by atoms with E-state index in [1.807, 2.05) is 6.08 Å². The van der Waals surface area contributed by atoms with Crippen molar-refractivity contribution in [1.29, 1.82) is 0 Å². The number of hydrogen-bond donors (Lipinski definition) is 0. The van der Waals surface area contributed by atoms with Crippen LogP contribution in [0.25, 0.3) is 0 Å². The van der Waals surface area contributed by atoms with Crippen molar-refractivity contribution >= 4 is 5.97 Å². The molecule has 2 aliphatic carbocycles. The fourth-order valence-corrected chi connectivity index (χ4v) is 2.33. The summed E-state index contributed by atoms with van der Waals surface area (Å²) >= 11 is 0. The molecule has 1 fully saturated rings. The number of carboxylic acid groups (broad SMARTS) is 1. The molecule has 0 spiro atoms. The quantitative estimate of drug-likeness (QED) is 0.507. The van der Waals surface area contributed by atoms with Gasteiger partial charge in [-0.2, -0.15) is 0 Å². The second kappa shape index (κ2) is 1.87. The highest BCUT2D eigenvalue weighted by Gasteiger charge is 2.45. The summed E-state index contributed by atoms with van der Waals surface area (Å²) in [6.45, 7) is 1.80. The molecule has 2 bridgehead atoms. The van der Waals surface area contributed by atoms with E-state index in [-0.39, 0.29) is 5.92 Å². The van der Waals surface area contributed by atoms with Gasteiger partial charge in [0, 0.05) is 11.4 Å². The van der Waals surface area contributed by atoms with Crippen LogP contribution in [0.1, 0.15) is 19.8 Å². The molecule has 1 saturated carbocycles. The average molecular weight is 151 g/mol. The Hall–Kier alpha value is -0.790. The molecule has 0 aromatic rings. The Balaban J connectivity index is 2.30. The highest BCUT2D eigenvalue weighted by Crippen LogP contribution is 2.51. The molecule has 0 amide bonds. The lowest BCUT2D eigenvalue weighted by Crippen LogP contribution is -2.42. The summed E-state index contributed by atoms with van der Waals surface area (Å²) < 4.78 is 0. The molecule has 2 rings (SSSR count). The Morgan fingerprint density at radius 3 is 2.64 bits per heavy atom. The standard InChI is InChI=1S/C9H12O2/c1-9(8(10)11)5-6-2-3-7(9)4-6/h2-3,6-7H,4-5H2,1H3,(H,10,11)/p-1/t6-,7+,9+/m1/s1. The molecule has 2 heteroatoms. The molecule has 0 aromatic carbocycles. The minimum absolute atomic E-state index is 0.234. The van der Waals surface area contributed by atoms with E-state index in [0.29, 0.717) is 5.92 Å². The van der Waals surface area contributed by atoms with Gasteiger partial charge in [-0.1, -0.05) is 19.1 Å². The Bertz CT molecular complexity index is 232. The number of fused-ring (bicyclic) bond motifs is 2. The highest BCUT2D eigenvalue weighted by atomic mass is 16.4. The normalized spacial score (nSPS) is 46.6. The zero-order chi connectivity index (χ0) is 8.06. The van der Waals surface area contributed by atoms with Gasteiger partial charge in [0.15, 0.2) is 0 Å². The third-order valence-electron chi connectivity index (χ3n) is 3.14. The average Bonchev–Trinajstić information content (AvgIpc) is 2.45. The molecule has 0 aliphatic heterocycles. The van der Waals surface area contributed by atoms with E-state index in [1.165, 1.54) is 0 Å². The number of rotatable bonds is 1. The van der Waals surface area contributed by atoms with Crippen molar-refractivity contribution < 1.29 is 9.90 Å². The molecule has 0 saturated heterocycles. The maximum Gasteiger partial charge on any atom is 0.0479 e. The minimum Gasteiger partial charge on any atom is -0.550 e. The van der Waals surface area contributed by atoms with Gasteiger partial charge in [0.25, 0.3) is 0 Å². The van der Waals surface area contributed by atoms with Crippen LogP contribution >= 0.6 is 0 Å². The third-order valence-corrected chi connectivity index (χ3v) is 3.14. The van der Waals surface area contributed by atoms with Gasteiger partial charge in [-0.15, -0.1) is 0 Å². The predicted molar refractivity (Wildman–Crippen MR) is 38.5 cm³/mol. The highest BCUT2D eigenvalue weighted by molar-refractivity contribution is 5.73. The number of hydrogen-bond acceptors (Lipinski definition) is 2. The van der Waals surface area contributed by atoms with E-state index < -0.39 is 11.4 Å². The van der Waals surface area contributed by atoms with Crippen LogP contribution in [0.4, 0.5) is 0 Å². The van der Waals surface area contributed by atoms with Gasteiger partial charge in [-0.3, -0.25) is 0 Å². The summed E-state index contributed by atoms with van der Waals surface area (Å²) in [5.41, 5.74) is -0.570. The maximum atomic E-state index is 10.8. The molecule has 0 N–H and O–H groups in total. The van der Waals surface area contributed by atoms with E-state index in [1.54, 1.807) is 6.92 Å². The van der Waals surface area contributed by atoms with Crippen LogP contribution in [-0.2, 0) is 4.79 Å². The molecular formula is C9H11O2-. The van der Waals surface area contributed by atoms with Crippen LogP contribution in [0.5, 0.6) is 0 Å². The van der Waals surface area contributed by atoms with E-state index in [4.69, 9.17) is 0 Å². The Morgan fingerprint density at radius 2 is 2.36 bits per heavy atom. The van der Waals surface area contributed by atoms with Crippen LogP contribution in [0.2, 0.25) is 0 Å². The zero-order valence-electron chi connectivity index (χ0n) is 6.54. The van der Waals surface area contributed by atoms with Crippen molar-refractivity contribution in [2.75, 3.05) is 0 Å². The van der Waals surface area contributed by atoms with Gasteiger partial charge in [0.2, 0.25) is 0 Å². The third kappa shape index (κ3) is 0.753. The SMILES string of the molecule is C[C@]1(C(=O)[O-])C[C@@H]2C=C[C@H]1C2. The van der Waals surface area contributed by atoms with Gasteiger partial charge in [0.05, 0.1) is 0 Å². The fraction of sp³-hybridized carbons (Fsp3) is 0.667. The molecule has 60 valence electrons. The summed E-state index contributed by atoms with van der Waals surface area (Å²) in [6, 6.07) is 0. The van der Waals surface area contributed by atoms with Crippen molar-refractivity contribution in [2.45, 2.75) is 19.8 Å². The molecule has 11 heavy (non-hydrogen) atoms. The molecular weight excluding hydrogens is 140 g/mol. The second-order valence-electron chi connectivity index (χ2n) is 3.90. The fourth-order valence-electron chi connectivity index (χ4n) is 2.33. The van der Waals surface area contributed by atoms with Gasteiger partial charge < -0.3 is 9.90 Å². The van der Waals surface area contributed by atoms with Crippen LogP contribution in [0, 0.1) is 17.3 Å². The first-order valence-corrected chi connectivity index (χ1v) is 4.03. The van der Waals surface area contributed by atoms with Crippen molar-refractivity contribution in [3.8, 4) is 0 Å². The largest absolute Gasteiger partial charge is 0.550 e. The first-order chi connectivity index (χ1) is 5.13. The molecule has 2 aliphatic rings. The Labute approximate surface area is 65.9 Å². The monoisotopic (exact) mass is 151 g/mol. The van der Waals surface area contributed by atoms with Gasteiger partial charge in [-0.05, 0) is 24.7 Å². The van der Waals surface area contributed by atoms with Crippen LogP contribution in [-0.4, -0.2) is 5.97 Å². The first kappa shape index (κ1) is 6.89. The number of carbonyl (C=O) groups is 1. The van der Waals surface area contributed by atoms with Crippen molar-refractivity contribution in [3.05, 3.63) is 12.2 Å². The molecule has 2 nitrogen and oxygen atoms in total. The zero-order valence-corrected chi connectivity index (χ0v) is 6.54. The predicted octanol–water partition coefficient (Wildman–Crippen LogP) is 0.339. The molecule has 0 heterocycles. The van der Waals surface area contributed by atoms with Crippen LogP contribution < -0.4 is 5.11 Å². The summed E-state index contributed by atoms with van der Waals surface area (Å²) in [7, 11) is 0. The summed E-state index contributed by atoms with van der Waals surface area (Å²) in [4.78, 5) is 10.8. The first-order valence-electron chi connectivity index (χ1n) is 4.03. The lowest BCUT2D eigenvalue weighted by Gasteiger charge is -2.32. The lowest BCUT2D eigenvalue weighted by atomic mass is 9.78. The second-order valence-corrected chi connectivity index (χ2v) is 3.90. The Kier molecular flexibility index (Phi) is 1.17. The van der Waals surface area contributed by atoms with Gasteiger partial charge >= 0.3 is 0 Å². The number of allylic oxidation sites excluding steroid dienone is 2. The summed E-state index contributed by atoms with van der Waals surface area (Å²) in [5.74, 6) is -0.144. The van der Waals surface area contributed by atoms with E-state index in [0.717, 1.165) is 12.8 Å². The van der Waals surface area contributed by atoms with Crippen molar-refractivity contribution in [3.63, 3.8) is 0 Å². The molecule has 0 radical (unpaired) electrons. The van der Waals surface area contributed by atoms with E-state index in [2.05, 4.69) is 6.08 Å². The Morgan fingerprint density at radius 1 is 1.64 bits per heavy atom. The van der Waals surface area contributed by atoms with Crippen LogP contribution in [0.15, 0.2) is 12.2 Å². The van der Waals surface area contributed by atoms with Crippen LogP contribution in [0.3, 0.4) is 0 Å². The minimum atomic E-state index is -0.880. The maximum absolute atomic E-state index is 10.8. The number of carboxylic acids is 1. The number of aliphatic carboxylic acids is 1. The summed E-state index contributed by atoms with van der Waals surface area (Å²) in [6.07, 6.45) is 5.96. The number of carbonyl (C=O) groups excluding carboxylic acids is 1. The molecule has 0 aromatic heterocycles. The van der Waals surface area contributed by atoms with Gasteiger partial charge in [-0.25, -0.2) is 0 Å². The van der Waals surface area contributed by atoms with Gasteiger partial charge in [0.1, 0.15) is 0 Å². The van der Waals surface area contributed by atoms with E-state index >= 15 is 0 Å². The van der Waals surface area contributed by atoms with Crippen molar-refractivity contribution in [2.24, 2.45) is 17.3 Å². The molecule has 0 unspecified atom stereocenters. The van der Waals surface area contributed by atoms with Crippen molar-refractivity contribution in [1.82, 2.24) is 0 Å². The summed E-state index contributed by atoms with van der Waals surface area (Å²) in [5, 5.41) is 10.8.